The van der Waals surface area contributed by atoms with E-state index >= 15 is 0 Å². The second-order valence-electron chi connectivity index (χ2n) is 6.78. The first-order valence-electron chi connectivity index (χ1n) is 9.79. The average Bonchev–Trinajstić information content (AvgIpc) is 3.06. The van der Waals surface area contributed by atoms with E-state index in [0.29, 0.717) is 27.3 Å². The number of carbonyl (C=O) groups is 2. The highest BCUT2D eigenvalue weighted by Crippen LogP contribution is 2.39. The van der Waals surface area contributed by atoms with Crippen molar-refractivity contribution in [3.05, 3.63) is 63.0 Å². The normalized spacial score (nSPS) is 14.7. The predicted molar refractivity (Wildman–Crippen MR) is 133 cm³/mol. The zero-order valence-corrected chi connectivity index (χ0v) is 20.8. The van der Waals surface area contributed by atoms with Crippen molar-refractivity contribution in [2.45, 2.75) is 12.8 Å². The number of thiocarbonyl (C=S) groups is 1. The Morgan fingerprint density at radius 1 is 1.22 bits per heavy atom. The minimum atomic E-state index is -0.389. The lowest BCUT2D eigenvalue weighted by molar-refractivity contribution is -0.140. The summed E-state index contributed by atoms with van der Waals surface area (Å²) >= 11 is 10.1. The molecule has 1 aliphatic heterocycles. The molecule has 1 saturated heterocycles. The first kappa shape index (κ1) is 24.3. The number of amides is 1. The summed E-state index contributed by atoms with van der Waals surface area (Å²) in [5, 5.41) is 0. The quantitative estimate of drug-likeness (QED) is 0.258. The maximum Gasteiger partial charge on any atom is 0.307 e. The topological polar surface area (TPSA) is 65.1 Å². The first-order chi connectivity index (χ1) is 15.4. The predicted octanol–water partition coefficient (Wildman–Crippen LogP) is 4.84. The number of rotatable bonds is 9. The van der Waals surface area contributed by atoms with Crippen LogP contribution >= 0.6 is 39.9 Å². The lowest BCUT2D eigenvalue weighted by atomic mass is 10.1. The third-order valence-corrected chi connectivity index (χ3v) is 6.64. The number of hydrogen-bond donors (Lipinski definition) is 0. The van der Waals surface area contributed by atoms with E-state index in [1.807, 2.05) is 30.3 Å². The van der Waals surface area contributed by atoms with E-state index in [1.54, 1.807) is 13.2 Å². The fourth-order valence-corrected chi connectivity index (χ4v) is 4.91. The van der Waals surface area contributed by atoms with Gasteiger partial charge >= 0.3 is 5.97 Å². The summed E-state index contributed by atoms with van der Waals surface area (Å²) < 4.78 is 17.3. The fourth-order valence-electron chi connectivity index (χ4n) is 3.03. The van der Waals surface area contributed by atoms with Crippen molar-refractivity contribution in [2.75, 3.05) is 27.4 Å². The minimum Gasteiger partial charge on any atom is -0.493 e. The highest BCUT2D eigenvalue weighted by Gasteiger charge is 2.32. The minimum absolute atomic E-state index is 0.0879. The highest BCUT2D eigenvalue weighted by atomic mass is 79.9. The number of ether oxygens (including phenoxy) is 3. The molecule has 0 aromatic heterocycles. The Morgan fingerprint density at radius 3 is 2.66 bits per heavy atom. The molecule has 1 heterocycles. The van der Waals surface area contributed by atoms with Crippen molar-refractivity contribution in [1.82, 2.24) is 4.90 Å². The molecule has 0 saturated carbocycles. The molecular weight excluding hydrogens is 514 g/mol. The highest BCUT2D eigenvalue weighted by molar-refractivity contribution is 9.10. The monoisotopic (exact) mass is 535 g/mol. The number of hydrogen-bond acceptors (Lipinski definition) is 7. The van der Waals surface area contributed by atoms with Crippen molar-refractivity contribution in [3.63, 3.8) is 0 Å². The van der Waals surface area contributed by atoms with E-state index in [-0.39, 0.29) is 24.8 Å². The van der Waals surface area contributed by atoms with Crippen LogP contribution in [0.3, 0.4) is 0 Å². The Hall–Kier alpha value is -2.36. The molecule has 2 aromatic carbocycles. The Bertz CT molecular complexity index is 1040. The maximum absolute atomic E-state index is 12.7. The summed E-state index contributed by atoms with van der Waals surface area (Å²) in [7, 11) is 2.88. The molecule has 1 amide bonds. The first-order valence-corrected chi connectivity index (χ1v) is 11.8. The van der Waals surface area contributed by atoms with Crippen LogP contribution in [0.15, 0.2) is 51.8 Å². The van der Waals surface area contributed by atoms with Crippen LogP contribution in [0, 0.1) is 0 Å². The second-order valence-corrected chi connectivity index (χ2v) is 9.31. The SMILES string of the molecule is COC(=O)CCN1C(=O)/C(=C/c2cc(Br)c(OCCc3ccccc3)c(OC)c2)SC1=S. The van der Waals surface area contributed by atoms with E-state index < -0.39 is 0 Å². The molecule has 0 bridgehead atoms. The summed E-state index contributed by atoms with van der Waals surface area (Å²) in [4.78, 5) is 26.0. The number of halogens is 1. The summed E-state index contributed by atoms with van der Waals surface area (Å²) in [6, 6.07) is 13.8. The average molecular weight is 536 g/mol. The third-order valence-electron chi connectivity index (χ3n) is 4.67. The molecule has 1 fully saturated rings. The van der Waals surface area contributed by atoms with Gasteiger partial charge in [0.15, 0.2) is 11.5 Å². The number of benzene rings is 2. The molecule has 0 N–H and O–H groups in total. The van der Waals surface area contributed by atoms with E-state index in [1.165, 1.54) is 29.3 Å². The molecule has 0 spiro atoms. The van der Waals surface area contributed by atoms with E-state index in [0.717, 1.165) is 16.5 Å². The lowest BCUT2D eigenvalue weighted by Gasteiger charge is -2.14. The van der Waals surface area contributed by atoms with Crippen molar-refractivity contribution < 1.29 is 23.8 Å². The van der Waals surface area contributed by atoms with Gasteiger partial charge in [0, 0.05) is 13.0 Å². The van der Waals surface area contributed by atoms with Gasteiger partial charge in [-0.2, -0.15) is 0 Å². The van der Waals surface area contributed by atoms with Gasteiger partial charge in [0.1, 0.15) is 4.32 Å². The molecule has 0 unspecified atom stereocenters. The van der Waals surface area contributed by atoms with Gasteiger partial charge in [0.05, 0.1) is 36.6 Å². The van der Waals surface area contributed by atoms with Crippen molar-refractivity contribution in [3.8, 4) is 11.5 Å². The van der Waals surface area contributed by atoms with Crippen LogP contribution in [0.5, 0.6) is 11.5 Å². The molecule has 1 aliphatic rings. The van der Waals surface area contributed by atoms with Crippen LogP contribution in [0.2, 0.25) is 0 Å². The number of thioether (sulfide) groups is 1. The molecule has 168 valence electrons. The third kappa shape index (κ3) is 6.11. The zero-order chi connectivity index (χ0) is 23.1. The molecule has 32 heavy (non-hydrogen) atoms. The van der Waals surface area contributed by atoms with Gasteiger partial charge in [-0.1, -0.05) is 54.3 Å². The molecule has 0 radical (unpaired) electrons. The van der Waals surface area contributed by atoms with Crippen molar-refractivity contribution in [2.24, 2.45) is 0 Å². The van der Waals surface area contributed by atoms with Gasteiger partial charge in [-0.25, -0.2) is 0 Å². The number of nitrogens with zero attached hydrogens (tertiary/aromatic N) is 1. The van der Waals surface area contributed by atoms with Gasteiger partial charge in [0.2, 0.25) is 0 Å². The lowest BCUT2D eigenvalue weighted by Crippen LogP contribution is -2.30. The van der Waals surface area contributed by atoms with Crippen molar-refractivity contribution in [1.29, 1.82) is 0 Å². The van der Waals surface area contributed by atoms with Gasteiger partial charge in [-0.05, 0) is 45.3 Å². The Kier molecular flexibility index (Phi) is 8.72. The largest absolute Gasteiger partial charge is 0.493 e. The summed E-state index contributed by atoms with van der Waals surface area (Å²) in [5.41, 5.74) is 1.95. The van der Waals surface area contributed by atoms with Gasteiger partial charge < -0.3 is 14.2 Å². The van der Waals surface area contributed by atoms with Crippen molar-refractivity contribution >= 4 is 62.2 Å². The maximum atomic E-state index is 12.7. The van der Waals surface area contributed by atoms with Crippen LogP contribution < -0.4 is 9.47 Å². The molecule has 3 rings (SSSR count). The fraction of sp³-hybridized carbons (Fsp3) is 0.261. The second kappa shape index (κ2) is 11.5. The molecule has 2 aromatic rings. The summed E-state index contributed by atoms with van der Waals surface area (Å²) in [6.07, 6.45) is 2.61. The summed E-state index contributed by atoms with van der Waals surface area (Å²) in [5.74, 6) is 0.535. The van der Waals surface area contributed by atoms with Crippen LogP contribution in [0.1, 0.15) is 17.5 Å². The van der Waals surface area contributed by atoms with Crippen LogP contribution in [0.25, 0.3) is 6.08 Å². The number of methoxy groups -OCH3 is 2. The molecule has 0 atom stereocenters. The zero-order valence-electron chi connectivity index (χ0n) is 17.6. The van der Waals surface area contributed by atoms with Gasteiger partial charge in [0.25, 0.3) is 5.91 Å². The molecule has 6 nitrogen and oxygen atoms in total. The smallest absolute Gasteiger partial charge is 0.307 e. The number of esters is 1. The standard InChI is InChI=1S/C23H22BrNO5S2/c1-28-18-13-16(12-17(24)21(18)30-11-9-15-6-4-3-5-7-15)14-19-22(27)25(23(31)32-19)10-8-20(26)29-2/h3-7,12-14H,8-11H2,1-2H3/b19-14-. The number of carbonyl (C=O) groups excluding carboxylic acids is 2. The Labute approximate surface area is 205 Å². The Balaban J connectivity index is 1.72. The van der Waals surface area contributed by atoms with Gasteiger partial charge in [-0.15, -0.1) is 0 Å². The van der Waals surface area contributed by atoms with E-state index in [4.69, 9.17) is 21.7 Å². The molecule has 0 aliphatic carbocycles. The van der Waals surface area contributed by atoms with Crippen LogP contribution in [0.4, 0.5) is 0 Å². The van der Waals surface area contributed by atoms with Crippen LogP contribution in [-0.4, -0.2) is 48.5 Å². The Morgan fingerprint density at radius 2 is 1.97 bits per heavy atom. The van der Waals surface area contributed by atoms with Crippen LogP contribution in [-0.2, 0) is 20.7 Å². The van der Waals surface area contributed by atoms with E-state index in [2.05, 4.69) is 32.8 Å². The van der Waals surface area contributed by atoms with E-state index in [9.17, 15) is 9.59 Å². The van der Waals surface area contributed by atoms with Gasteiger partial charge in [-0.3, -0.25) is 14.5 Å². The molecule has 9 heteroatoms. The molecular formula is C23H22BrNO5S2. The summed E-state index contributed by atoms with van der Waals surface area (Å²) in [6.45, 7) is 0.688.